The highest BCUT2D eigenvalue weighted by Crippen LogP contribution is 2.38. The summed E-state index contributed by atoms with van der Waals surface area (Å²) in [6.07, 6.45) is 5.51. The van der Waals surface area contributed by atoms with Crippen LogP contribution >= 0.6 is 0 Å². The fourth-order valence-electron chi connectivity index (χ4n) is 2.15. The number of carbonyl (C=O) groups is 3. The number of esters is 2. The Hall–Kier alpha value is -2.09. The summed E-state index contributed by atoms with van der Waals surface area (Å²) in [6.45, 7) is 1.63. The lowest BCUT2D eigenvalue weighted by Crippen LogP contribution is -2.40. The first kappa shape index (κ1) is 17.0. The van der Waals surface area contributed by atoms with E-state index in [-0.39, 0.29) is 24.7 Å². The molecule has 0 aliphatic heterocycles. The molecule has 1 aliphatic rings. The molecule has 0 saturated heterocycles. The summed E-state index contributed by atoms with van der Waals surface area (Å²) in [5, 5.41) is 0. The molecule has 0 aromatic rings. The van der Waals surface area contributed by atoms with Crippen molar-refractivity contribution in [2.24, 2.45) is 17.3 Å². The molecule has 0 unspecified atom stereocenters. The van der Waals surface area contributed by atoms with Crippen molar-refractivity contribution in [3.05, 3.63) is 12.2 Å². The second-order valence-electron chi connectivity index (χ2n) is 5.00. The van der Waals surface area contributed by atoms with Crippen LogP contribution in [-0.4, -0.2) is 32.4 Å². The van der Waals surface area contributed by atoms with E-state index in [1.807, 2.05) is 6.08 Å². The molecule has 2 atom stereocenters. The third-order valence-corrected chi connectivity index (χ3v) is 3.63. The van der Waals surface area contributed by atoms with Gasteiger partial charge in [-0.15, -0.1) is 11.8 Å². The summed E-state index contributed by atoms with van der Waals surface area (Å²) in [4.78, 5) is 34.7. The van der Waals surface area contributed by atoms with Gasteiger partial charge in [-0.05, 0) is 25.7 Å². The third kappa shape index (κ3) is 3.94. The lowest BCUT2D eigenvalue weighted by atomic mass is 9.81. The van der Waals surface area contributed by atoms with E-state index in [1.165, 1.54) is 14.2 Å². The van der Waals surface area contributed by atoms with Crippen molar-refractivity contribution in [3.8, 4) is 11.8 Å². The molecular weight excluding hydrogens is 272 g/mol. The first-order valence-corrected chi connectivity index (χ1v) is 6.74. The Morgan fingerprint density at radius 3 is 2.29 bits per heavy atom. The molecule has 1 saturated carbocycles. The fraction of sp³-hybridized carbons (Fsp3) is 0.562. The molecule has 1 rings (SSSR count). The van der Waals surface area contributed by atoms with Crippen LogP contribution in [0.4, 0.5) is 0 Å². The summed E-state index contributed by atoms with van der Waals surface area (Å²) < 4.78 is 9.51. The van der Waals surface area contributed by atoms with Gasteiger partial charge in [0.25, 0.3) is 0 Å². The molecular formula is C16H20O5. The van der Waals surface area contributed by atoms with Crippen LogP contribution in [0.3, 0.4) is 0 Å². The van der Waals surface area contributed by atoms with Crippen LogP contribution in [0.15, 0.2) is 12.2 Å². The van der Waals surface area contributed by atoms with Crippen LogP contribution in [0.1, 0.15) is 26.2 Å². The van der Waals surface area contributed by atoms with Crippen molar-refractivity contribution in [2.75, 3.05) is 14.2 Å². The van der Waals surface area contributed by atoms with Gasteiger partial charge < -0.3 is 14.3 Å². The number of carbonyl (C=O) groups excluding carboxylic acids is 3. The highest BCUT2D eigenvalue weighted by Gasteiger charge is 2.47. The minimum absolute atomic E-state index is 0.0367. The molecule has 114 valence electrons. The molecule has 1 fully saturated rings. The molecule has 5 nitrogen and oxygen atoms in total. The fourth-order valence-corrected chi connectivity index (χ4v) is 2.15. The van der Waals surface area contributed by atoms with Gasteiger partial charge in [0, 0.05) is 12.3 Å². The predicted octanol–water partition coefficient (Wildman–Crippen LogP) is 1.51. The van der Waals surface area contributed by atoms with Gasteiger partial charge >= 0.3 is 11.9 Å². The van der Waals surface area contributed by atoms with Gasteiger partial charge in [0.15, 0.2) is 5.41 Å². The Morgan fingerprint density at radius 1 is 1.24 bits per heavy atom. The average molecular weight is 292 g/mol. The van der Waals surface area contributed by atoms with Crippen LogP contribution in [0.25, 0.3) is 0 Å². The van der Waals surface area contributed by atoms with Crippen LogP contribution in [0, 0.1) is 29.1 Å². The van der Waals surface area contributed by atoms with Crippen LogP contribution in [0.2, 0.25) is 0 Å². The second kappa shape index (κ2) is 7.63. The maximum Gasteiger partial charge on any atom is 0.324 e. The van der Waals surface area contributed by atoms with Crippen molar-refractivity contribution in [1.29, 1.82) is 0 Å². The smallest absolute Gasteiger partial charge is 0.324 e. The zero-order chi connectivity index (χ0) is 15.9. The Morgan fingerprint density at radius 2 is 1.86 bits per heavy atom. The number of allylic oxidation sites excluding steroid dienone is 2. The SMILES string of the molecule is CC#CCC(C/C=C/[C@@H]1C[C@@H]1C=O)(C(=O)OC)C(=O)OC. The Labute approximate surface area is 124 Å². The summed E-state index contributed by atoms with van der Waals surface area (Å²) in [6, 6.07) is 0. The summed E-state index contributed by atoms with van der Waals surface area (Å²) in [5.74, 6) is 4.36. The molecule has 5 heteroatoms. The molecule has 0 bridgehead atoms. The minimum Gasteiger partial charge on any atom is -0.468 e. The molecule has 0 aromatic heterocycles. The molecule has 21 heavy (non-hydrogen) atoms. The van der Waals surface area contributed by atoms with E-state index in [0.717, 1.165) is 12.7 Å². The Bertz CT molecular complexity index is 479. The monoisotopic (exact) mass is 292 g/mol. The van der Waals surface area contributed by atoms with Gasteiger partial charge in [0.1, 0.15) is 6.29 Å². The zero-order valence-corrected chi connectivity index (χ0v) is 12.5. The molecule has 0 spiro atoms. The van der Waals surface area contributed by atoms with Gasteiger partial charge in [-0.2, -0.15) is 0 Å². The first-order valence-electron chi connectivity index (χ1n) is 6.74. The number of hydrogen-bond donors (Lipinski definition) is 0. The van der Waals surface area contributed by atoms with Crippen molar-refractivity contribution >= 4 is 18.2 Å². The van der Waals surface area contributed by atoms with E-state index >= 15 is 0 Å². The zero-order valence-electron chi connectivity index (χ0n) is 12.5. The minimum atomic E-state index is -1.45. The van der Waals surface area contributed by atoms with Gasteiger partial charge in [-0.3, -0.25) is 9.59 Å². The quantitative estimate of drug-likeness (QED) is 0.234. The maximum atomic E-state index is 12.1. The van der Waals surface area contributed by atoms with Crippen molar-refractivity contribution < 1.29 is 23.9 Å². The summed E-state index contributed by atoms with van der Waals surface area (Å²) in [7, 11) is 2.46. The summed E-state index contributed by atoms with van der Waals surface area (Å²) in [5.41, 5.74) is -1.45. The van der Waals surface area contributed by atoms with Crippen molar-refractivity contribution in [2.45, 2.75) is 26.2 Å². The van der Waals surface area contributed by atoms with E-state index in [1.54, 1.807) is 13.0 Å². The average Bonchev–Trinajstić information content (AvgIpc) is 3.27. The van der Waals surface area contributed by atoms with Gasteiger partial charge in [-0.25, -0.2) is 0 Å². The van der Waals surface area contributed by atoms with E-state index in [9.17, 15) is 14.4 Å². The lowest BCUT2D eigenvalue weighted by Gasteiger charge is -2.24. The third-order valence-electron chi connectivity index (χ3n) is 3.63. The molecule has 0 amide bonds. The number of hydrogen-bond acceptors (Lipinski definition) is 5. The van der Waals surface area contributed by atoms with Crippen molar-refractivity contribution in [3.63, 3.8) is 0 Å². The van der Waals surface area contributed by atoms with E-state index in [0.29, 0.717) is 0 Å². The number of ether oxygens (including phenoxy) is 2. The molecule has 1 aliphatic carbocycles. The lowest BCUT2D eigenvalue weighted by molar-refractivity contribution is -0.168. The second-order valence-corrected chi connectivity index (χ2v) is 5.00. The standard InChI is InChI=1S/C16H20O5/c1-4-5-8-16(14(18)20-2,15(19)21-3)9-6-7-12-10-13(12)11-17/h6-7,11-13H,8-10H2,1-3H3/b7-6+/t12-,13-/m1/s1. The number of aldehydes is 1. The van der Waals surface area contributed by atoms with Gasteiger partial charge in [0.05, 0.1) is 14.2 Å². The molecule has 0 N–H and O–H groups in total. The van der Waals surface area contributed by atoms with E-state index < -0.39 is 17.4 Å². The maximum absolute atomic E-state index is 12.1. The number of rotatable bonds is 7. The predicted molar refractivity (Wildman–Crippen MR) is 76.0 cm³/mol. The molecule has 0 aromatic carbocycles. The number of methoxy groups -OCH3 is 2. The van der Waals surface area contributed by atoms with E-state index in [4.69, 9.17) is 9.47 Å². The first-order chi connectivity index (χ1) is 10.1. The van der Waals surface area contributed by atoms with Gasteiger partial charge in [-0.1, -0.05) is 12.2 Å². The highest BCUT2D eigenvalue weighted by atomic mass is 16.5. The largest absolute Gasteiger partial charge is 0.468 e. The highest BCUT2D eigenvalue weighted by molar-refractivity contribution is 6.00. The van der Waals surface area contributed by atoms with Crippen LogP contribution in [-0.2, 0) is 23.9 Å². The normalized spacial score (nSPS) is 20.3. The topological polar surface area (TPSA) is 69.7 Å². The molecule has 0 heterocycles. The Balaban J connectivity index is 2.91. The molecule has 0 radical (unpaired) electrons. The van der Waals surface area contributed by atoms with Crippen LogP contribution < -0.4 is 0 Å². The van der Waals surface area contributed by atoms with Gasteiger partial charge in [0.2, 0.25) is 0 Å². The summed E-state index contributed by atoms with van der Waals surface area (Å²) >= 11 is 0. The van der Waals surface area contributed by atoms with Crippen LogP contribution in [0.5, 0.6) is 0 Å². The van der Waals surface area contributed by atoms with E-state index in [2.05, 4.69) is 11.8 Å². The Kier molecular flexibility index (Phi) is 6.16. The van der Waals surface area contributed by atoms with Crippen molar-refractivity contribution in [1.82, 2.24) is 0 Å².